The summed E-state index contributed by atoms with van der Waals surface area (Å²) in [7, 11) is 4.16. The Morgan fingerprint density at radius 2 is 1.75 bits per heavy atom. The van der Waals surface area contributed by atoms with Crippen molar-refractivity contribution in [3.8, 4) is 0 Å². The Morgan fingerprint density at radius 1 is 1.15 bits per heavy atom. The number of hydrogen-bond acceptors (Lipinski definition) is 2. The quantitative estimate of drug-likeness (QED) is 0.763. The number of carbonyl (C=O) groups is 1. The molecule has 0 heterocycles. The number of aryl methyl sites for hydroxylation is 1. The van der Waals surface area contributed by atoms with Crippen molar-refractivity contribution in [3.63, 3.8) is 0 Å². The first kappa shape index (κ1) is 16.7. The molecule has 0 aromatic heterocycles. The van der Waals surface area contributed by atoms with Crippen LogP contribution in [-0.4, -0.2) is 48.9 Å². The fourth-order valence-electron chi connectivity index (χ4n) is 2.34. The number of hydrogen-bond donors (Lipinski definition) is 0. The Bertz CT molecular complexity index is 412. The minimum atomic E-state index is 0.146. The lowest BCUT2D eigenvalue weighted by Gasteiger charge is -2.30. The highest BCUT2D eigenvalue weighted by Gasteiger charge is 2.19. The standard InChI is InChI=1S/C17H28N2O/c1-6-12-19(13-16(7-2)18(4)5)17(20)15-10-8-14(3)9-11-15/h8-11,16H,6-7,12-13H2,1-5H3. The van der Waals surface area contributed by atoms with Gasteiger partial charge in [-0.05, 0) is 46.0 Å². The molecule has 1 aromatic rings. The number of nitrogens with zero attached hydrogens (tertiary/aromatic N) is 2. The molecule has 0 aliphatic heterocycles. The Labute approximate surface area is 123 Å². The van der Waals surface area contributed by atoms with E-state index in [0.29, 0.717) is 6.04 Å². The van der Waals surface area contributed by atoms with Gasteiger partial charge in [0, 0.05) is 24.7 Å². The molecule has 0 radical (unpaired) electrons. The second-order valence-electron chi connectivity index (χ2n) is 5.64. The largest absolute Gasteiger partial charge is 0.337 e. The predicted molar refractivity (Wildman–Crippen MR) is 85.1 cm³/mol. The summed E-state index contributed by atoms with van der Waals surface area (Å²) in [5.41, 5.74) is 1.97. The highest BCUT2D eigenvalue weighted by atomic mass is 16.2. The van der Waals surface area contributed by atoms with Gasteiger partial charge < -0.3 is 9.80 Å². The van der Waals surface area contributed by atoms with Crippen LogP contribution in [0.4, 0.5) is 0 Å². The first-order chi connectivity index (χ1) is 9.49. The van der Waals surface area contributed by atoms with Gasteiger partial charge in [0.15, 0.2) is 0 Å². The van der Waals surface area contributed by atoms with Crippen molar-refractivity contribution in [2.24, 2.45) is 0 Å². The second-order valence-corrected chi connectivity index (χ2v) is 5.64. The lowest BCUT2D eigenvalue weighted by Crippen LogP contribution is -2.43. The van der Waals surface area contributed by atoms with Gasteiger partial charge in [-0.1, -0.05) is 31.5 Å². The molecule has 1 amide bonds. The summed E-state index contributed by atoms with van der Waals surface area (Å²) in [4.78, 5) is 16.8. The Hall–Kier alpha value is -1.35. The van der Waals surface area contributed by atoms with Crippen LogP contribution < -0.4 is 0 Å². The Morgan fingerprint density at radius 3 is 2.20 bits per heavy atom. The van der Waals surface area contributed by atoms with Crippen LogP contribution in [-0.2, 0) is 0 Å². The maximum absolute atomic E-state index is 12.6. The average molecular weight is 276 g/mol. The average Bonchev–Trinajstić information content (AvgIpc) is 2.43. The lowest BCUT2D eigenvalue weighted by atomic mass is 10.1. The Kier molecular flexibility index (Phi) is 6.73. The molecule has 20 heavy (non-hydrogen) atoms. The number of carbonyl (C=O) groups excluding carboxylic acids is 1. The maximum atomic E-state index is 12.6. The van der Waals surface area contributed by atoms with E-state index in [2.05, 4.69) is 32.8 Å². The van der Waals surface area contributed by atoms with Crippen LogP contribution in [0.1, 0.15) is 42.6 Å². The van der Waals surface area contributed by atoms with Crippen molar-refractivity contribution >= 4 is 5.91 Å². The van der Waals surface area contributed by atoms with Gasteiger partial charge in [0.25, 0.3) is 5.91 Å². The first-order valence-electron chi connectivity index (χ1n) is 7.51. The molecule has 0 bridgehead atoms. The molecular weight excluding hydrogens is 248 g/mol. The summed E-state index contributed by atoms with van der Waals surface area (Å²) < 4.78 is 0. The van der Waals surface area contributed by atoms with Crippen molar-refractivity contribution in [3.05, 3.63) is 35.4 Å². The highest BCUT2D eigenvalue weighted by Crippen LogP contribution is 2.11. The van der Waals surface area contributed by atoms with Gasteiger partial charge >= 0.3 is 0 Å². The fraction of sp³-hybridized carbons (Fsp3) is 0.588. The summed E-state index contributed by atoms with van der Waals surface area (Å²) in [5.74, 6) is 0.146. The van der Waals surface area contributed by atoms with Gasteiger partial charge in [-0.25, -0.2) is 0 Å². The van der Waals surface area contributed by atoms with Crippen LogP contribution in [0.5, 0.6) is 0 Å². The summed E-state index contributed by atoms with van der Waals surface area (Å²) in [6.45, 7) is 7.94. The van der Waals surface area contributed by atoms with E-state index < -0.39 is 0 Å². The molecule has 0 aliphatic rings. The van der Waals surface area contributed by atoms with E-state index in [1.807, 2.05) is 36.1 Å². The van der Waals surface area contributed by atoms with Crippen molar-refractivity contribution in [1.82, 2.24) is 9.80 Å². The zero-order chi connectivity index (χ0) is 15.1. The van der Waals surface area contributed by atoms with Gasteiger partial charge in [-0.2, -0.15) is 0 Å². The molecule has 0 spiro atoms. The summed E-state index contributed by atoms with van der Waals surface area (Å²) in [5, 5.41) is 0. The molecule has 1 atom stereocenters. The van der Waals surface area contributed by atoms with Crippen LogP contribution in [0.15, 0.2) is 24.3 Å². The summed E-state index contributed by atoms with van der Waals surface area (Å²) in [6, 6.07) is 8.27. The van der Waals surface area contributed by atoms with E-state index in [1.165, 1.54) is 5.56 Å². The smallest absolute Gasteiger partial charge is 0.253 e. The number of benzene rings is 1. The molecular formula is C17H28N2O. The molecule has 0 fully saturated rings. The Balaban J connectivity index is 2.84. The predicted octanol–water partition coefficient (Wildman–Crippen LogP) is 3.19. The van der Waals surface area contributed by atoms with E-state index in [1.54, 1.807) is 0 Å². The molecule has 112 valence electrons. The van der Waals surface area contributed by atoms with E-state index in [4.69, 9.17) is 0 Å². The van der Waals surface area contributed by atoms with Gasteiger partial charge in [0.1, 0.15) is 0 Å². The number of rotatable bonds is 7. The molecule has 3 heteroatoms. The topological polar surface area (TPSA) is 23.6 Å². The van der Waals surface area contributed by atoms with Crippen LogP contribution in [0, 0.1) is 6.92 Å². The van der Waals surface area contributed by atoms with Crippen LogP contribution >= 0.6 is 0 Å². The molecule has 3 nitrogen and oxygen atoms in total. The van der Waals surface area contributed by atoms with Gasteiger partial charge in [-0.15, -0.1) is 0 Å². The normalized spacial score (nSPS) is 12.5. The molecule has 0 saturated carbocycles. The third kappa shape index (κ3) is 4.64. The maximum Gasteiger partial charge on any atom is 0.253 e. The van der Waals surface area contributed by atoms with Crippen molar-refractivity contribution < 1.29 is 4.79 Å². The monoisotopic (exact) mass is 276 g/mol. The molecule has 0 saturated heterocycles. The summed E-state index contributed by atoms with van der Waals surface area (Å²) >= 11 is 0. The zero-order valence-corrected chi connectivity index (χ0v) is 13.5. The van der Waals surface area contributed by atoms with Crippen LogP contribution in [0.3, 0.4) is 0 Å². The fourth-order valence-corrected chi connectivity index (χ4v) is 2.34. The third-order valence-corrected chi connectivity index (χ3v) is 3.71. The van der Waals surface area contributed by atoms with Crippen molar-refractivity contribution in [1.29, 1.82) is 0 Å². The minimum absolute atomic E-state index is 0.146. The van der Waals surface area contributed by atoms with Gasteiger partial charge in [-0.3, -0.25) is 4.79 Å². The molecule has 0 N–H and O–H groups in total. The van der Waals surface area contributed by atoms with Crippen LogP contribution in [0.2, 0.25) is 0 Å². The van der Waals surface area contributed by atoms with Gasteiger partial charge in [0.2, 0.25) is 0 Å². The van der Waals surface area contributed by atoms with Crippen molar-refractivity contribution in [2.75, 3.05) is 27.2 Å². The SMILES string of the molecule is CCCN(CC(CC)N(C)C)C(=O)c1ccc(C)cc1. The third-order valence-electron chi connectivity index (χ3n) is 3.71. The first-order valence-corrected chi connectivity index (χ1v) is 7.51. The lowest BCUT2D eigenvalue weighted by molar-refractivity contribution is 0.0705. The van der Waals surface area contributed by atoms with E-state index in [0.717, 1.165) is 31.5 Å². The van der Waals surface area contributed by atoms with E-state index >= 15 is 0 Å². The van der Waals surface area contributed by atoms with Crippen LogP contribution in [0.25, 0.3) is 0 Å². The van der Waals surface area contributed by atoms with E-state index in [9.17, 15) is 4.79 Å². The molecule has 1 rings (SSSR count). The van der Waals surface area contributed by atoms with E-state index in [-0.39, 0.29) is 5.91 Å². The van der Waals surface area contributed by atoms with Gasteiger partial charge in [0.05, 0.1) is 0 Å². The zero-order valence-electron chi connectivity index (χ0n) is 13.5. The number of likely N-dealkylation sites (N-methyl/N-ethyl adjacent to an activating group) is 1. The second kappa shape index (κ2) is 8.05. The summed E-state index contributed by atoms with van der Waals surface area (Å²) in [6.07, 6.45) is 2.04. The highest BCUT2D eigenvalue weighted by molar-refractivity contribution is 5.94. The molecule has 1 unspecified atom stereocenters. The minimum Gasteiger partial charge on any atom is -0.337 e. The number of amides is 1. The molecule has 1 aromatic carbocycles. The molecule has 0 aliphatic carbocycles. The van der Waals surface area contributed by atoms with Crippen molar-refractivity contribution in [2.45, 2.75) is 39.7 Å².